The van der Waals surface area contributed by atoms with Crippen LogP contribution in [0.4, 0.5) is 0 Å². The Labute approximate surface area is 122 Å². The summed E-state index contributed by atoms with van der Waals surface area (Å²) in [5.41, 5.74) is 0. The van der Waals surface area contributed by atoms with Crippen molar-refractivity contribution in [1.29, 1.82) is 0 Å². The summed E-state index contributed by atoms with van der Waals surface area (Å²) in [5.74, 6) is 1.77. The number of nitrogens with one attached hydrogen (secondary N) is 1. The third kappa shape index (κ3) is 4.69. The molecule has 0 aromatic heterocycles. The second kappa shape index (κ2) is 8.12. The average molecular weight is 283 g/mol. The van der Waals surface area contributed by atoms with Crippen LogP contribution >= 0.6 is 0 Å². The maximum Gasteiger partial charge on any atom is 0.310 e. The van der Waals surface area contributed by atoms with Gasteiger partial charge in [0.15, 0.2) is 5.96 Å². The molecular weight excluding hydrogens is 254 g/mol. The van der Waals surface area contributed by atoms with Gasteiger partial charge in [-0.25, -0.2) is 0 Å². The van der Waals surface area contributed by atoms with E-state index in [1.807, 2.05) is 0 Å². The number of carbonyl (C=O) groups is 1. The Kier molecular flexibility index (Phi) is 6.82. The van der Waals surface area contributed by atoms with Gasteiger partial charge in [0.05, 0.1) is 13.0 Å². The zero-order valence-electron chi connectivity index (χ0n) is 13.5. The number of hydrogen-bond donors (Lipinski definition) is 1. The number of esters is 1. The van der Waals surface area contributed by atoms with E-state index in [4.69, 9.17) is 4.74 Å². The van der Waals surface area contributed by atoms with Crippen LogP contribution in [0.25, 0.3) is 0 Å². The molecule has 1 heterocycles. The Bertz CT molecular complexity index is 342. The highest BCUT2D eigenvalue weighted by Gasteiger charge is 2.36. The van der Waals surface area contributed by atoms with Crippen LogP contribution in [-0.4, -0.2) is 50.6 Å². The zero-order valence-corrected chi connectivity index (χ0v) is 13.5. The molecule has 116 valence electrons. The third-order valence-corrected chi connectivity index (χ3v) is 3.87. The van der Waals surface area contributed by atoms with E-state index in [2.05, 4.69) is 36.0 Å². The minimum atomic E-state index is -0.115. The maximum atomic E-state index is 11.7. The van der Waals surface area contributed by atoms with Crippen molar-refractivity contribution in [3.63, 3.8) is 0 Å². The van der Waals surface area contributed by atoms with Crippen LogP contribution < -0.4 is 5.32 Å². The van der Waals surface area contributed by atoms with Gasteiger partial charge in [-0.05, 0) is 24.7 Å². The highest BCUT2D eigenvalue weighted by molar-refractivity contribution is 5.82. The first-order chi connectivity index (χ1) is 9.49. The van der Waals surface area contributed by atoms with Crippen LogP contribution in [0.15, 0.2) is 4.99 Å². The Balaban J connectivity index is 2.45. The highest BCUT2D eigenvalue weighted by Crippen LogP contribution is 2.24. The summed E-state index contributed by atoms with van der Waals surface area (Å²) in [7, 11) is 3.25. The molecule has 0 bridgehead atoms. The Morgan fingerprint density at radius 3 is 2.70 bits per heavy atom. The summed E-state index contributed by atoms with van der Waals surface area (Å²) in [6.45, 7) is 9.03. The first-order valence-corrected chi connectivity index (χ1v) is 7.53. The van der Waals surface area contributed by atoms with Crippen LogP contribution in [0.3, 0.4) is 0 Å². The maximum absolute atomic E-state index is 11.7. The predicted molar refractivity (Wildman–Crippen MR) is 81.7 cm³/mol. The monoisotopic (exact) mass is 283 g/mol. The summed E-state index contributed by atoms with van der Waals surface area (Å²) in [5, 5.41) is 3.39. The molecule has 20 heavy (non-hydrogen) atoms. The van der Waals surface area contributed by atoms with Crippen LogP contribution in [0.1, 0.15) is 33.6 Å². The van der Waals surface area contributed by atoms with E-state index in [1.165, 1.54) is 13.5 Å². The van der Waals surface area contributed by atoms with Gasteiger partial charge in [0, 0.05) is 26.7 Å². The van der Waals surface area contributed by atoms with Crippen molar-refractivity contribution in [1.82, 2.24) is 10.2 Å². The van der Waals surface area contributed by atoms with Crippen LogP contribution in [0.2, 0.25) is 0 Å². The SMILES string of the molecule is CN=C(NCCCC(C)C)N1CC(C)C(C(=O)OC)C1. The highest BCUT2D eigenvalue weighted by atomic mass is 16.5. The molecule has 0 spiro atoms. The van der Waals surface area contributed by atoms with Gasteiger partial charge in [0.1, 0.15) is 0 Å². The van der Waals surface area contributed by atoms with Gasteiger partial charge in [-0.1, -0.05) is 20.8 Å². The molecule has 0 saturated carbocycles. The number of carbonyl (C=O) groups excluding carboxylic acids is 1. The van der Waals surface area contributed by atoms with E-state index in [-0.39, 0.29) is 11.9 Å². The first-order valence-electron chi connectivity index (χ1n) is 7.53. The molecule has 0 aliphatic carbocycles. The molecule has 1 rings (SSSR count). The van der Waals surface area contributed by atoms with Crippen molar-refractivity contribution in [2.24, 2.45) is 22.7 Å². The minimum absolute atomic E-state index is 0.0470. The van der Waals surface area contributed by atoms with Gasteiger partial charge in [0.2, 0.25) is 0 Å². The summed E-state index contributed by atoms with van der Waals surface area (Å²) < 4.78 is 4.87. The third-order valence-electron chi connectivity index (χ3n) is 3.87. The number of methoxy groups -OCH3 is 1. The van der Waals surface area contributed by atoms with Crippen LogP contribution in [0, 0.1) is 17.8 Å². The summed E-state index contributed by atoms with van der Waals surface area (Å²) >= 11 is 0. The van der Waals surface area contributed by atoms with Crippen LogP contribution in [0.5, 0.6) is 0 Å². The lowest BCUT2D eigenvalue weighted by atomic mass is 9.99. The van der Waals surface area contributed by atoms with Gasteiger partial charge in [-0.15, -0.1) is 0 Å². The van der Waals surface area contributed by atoms with E-state index in [0.29, 0.717) is 12.5 Å². The molecule has 0 aromatic carbocycles. The molecule has 5 heteroatoms. The fraction of sp³-hybridized carbons (Fsp3) is 0.867. The van der Waals surface area contributed by atoms with Crippen LogP contribution in [-0.2, 0) is 9.53 Å². The summed E-state index contributed by atoms with van der Waals surface area (Å²) in [6, 6.07) is 0. The number of aliphatic imine (C=N–C) groups is 1. The molecule has 2 atom stereocenters. The van der Waals surface area contributed by atoms with E-state index < -0.39 is 0 Å². The van der Waals surface area contributed by atoms with Crippen molar-refractivity contribution in [3.8, 4) is 0 Å². The van der Waals surface area contributed by atoms with Gasteiger partial charge < -0.3 is 15.0 Å². The molecule has 1 fully saturated rings. The lowest BCUT2D eigenvalue weighted by Gasteiger charge is -2.21. The second-order valence-corrected chi connectivity index (χ2v) is 6.02. The molecule has 1 saturated heterocycles. The normalized spacial score (nSPS) is 23.3. The van der Waals surface area contributed by atoms with E-state index in [1.54, 1.807) is 7.05 Å². The van der Waals surface area contributed by atoms with E-state index in [0.717, 1.165) is 31.4 Å². The van der Waals surface area contributed by atoms with Gasteiger partial charge in [-0.3, -0.25) is 9.79 Å². The van der Waals surface area contributed by atoms with Gasteiger partial charge >= 0.3 is 5.97 Å². The number of likely N-dealkylation sites (tertiary alicyclic amines) is 1. The fourth-order valence-corrected chi connectivity index (χ4v) is 2.64. The van der Waals surface area contributed by atoms with Crippen molar-refractivity contribution < 1.29 is 9.53 Å². The second-order valence-electron chi connectivity index (χ2n) is 6.02. The number of nitrogens with zero attached hydrogens (tertiary/aromatic N) is 2. The fourth-order valence-electron chi connectivity index (χ4n) is 2.64. The summed E-state index contributed by atoms with van der Waals surface area (Å²) in [6.07, 6.45) is 2.35. The standard InChI is InChI=1S/C15H29N3O2/c1-11(2)7-6-8-17-15(16-4)18-9-12(3)13(10-18)14(19)20-5/h11-13H,6-10H2,1-5H3,(H,16,17). The quantitative estimate of drug-likeness (QED) is 0.361. The number of hydrogen-bond acceptors (Lipinski definition) is 3. The smallest absolute Gasteiger partial charge is 0.310 e. The molecule has 0 radical (unpaired) electrons. The molecule has 0 amide bonds. The Morgan fingerprint density at radius 1 is 1.45 bits per heavy atom. The molecule has 0 aromatic rings. The first kappa shape index (κ1) is 16.8. The molecule has 1 aliphatic rings. The molecule has 5 nitrogen and oxygen atoms in total. The minimum Gasteiger partial charge on any atom is -0.469 e. The van der Waals surface area contributed by atoms with Crippen molar-refractivity contribution in [2.75, 3.05) is 33.8 Å². The van der Waals surface area contributed by atoms with E-state index in [9.17, 15) is 4.79 Å². The number of guanidine groups is 1. The molecule has 2 unspecified atom stereocenters. The Morgan fingerprint density at radius 2 is 2.15 bits per heavy atom. The largest absolute Gasteiger partial charge is 0.469 e. The van der Waals surface area contributed by atoms with Gasteiger partial charge in [0.25, 0.3) is 0 Å². The van der Waals surface area contributed by atoms with Crippen molar-refractivity contribution in [3.05, 3.63) is 0 Å². The molecule has 1 N–H and O–H groups in total. The molecular formula is C15H29N3O2. The number of rotatable bonds is 5. The van der Waals surface area contributed by atoms with E-state index >= 15 is 0 Å². The molecule has 1 aliphatic heterocycles. The lowest BCUT2D eigenvalue weighted by Crippen LogP contribution is -2.41. The predicted octanol–water partition coefficient (Wildman–Crippen LogP) is 1.74. The number of ether oxygens (including phenoxy) is 1. The van der Waals surface area contributed by atoms with Crippen molar-refractivity contribution >= 4 is 11.9 Å². The zero-order chi connectivity index (χ0) is 15.1. The average Bonchev–Trinajstić information content (AvgIpc) is 2.79. The Hall–Kier alpha value is -1.26. The lowest BCUT2D eigenvalue weighted by molar-refractivity contribution is -0.145. The van der Waals surface area contributed by atoms with Crippen molar-refractivity contribution in [2.45, 2.75) is 33.6 Å². The topological polar surface area (TPSA) is 53.9 Å². The summed E-state index contributed by atoms with van der Waals surface area (Å²) in [4.78, 5) is 18.2. The van der Waals surface area contributed by atoms with Gasteiger partial charge in [-0.2, -0.15) is 0 Å².